The van der Waals surface area contributed by atoms with E-state index in [0.717, 1.165) is 11.6 Å². The first-order valence-corrected chi connectivity index (χ1v) is 8.41. The maximum Gasteiger partial charge on any atom is 0.255 e. The molecule has 0 N–H and O–H groups in total. The molecule has 1 aliphatic rings. The van der Waals surface area contributed by atoms with Crippen molar-refractivity contribution in [2.75, 3.05) is 5.75 Å². The molecule has 0 radical (unpaired) electrons. The SMILES string of the molecule is CC(C)c1nc(Cl)cc(=O)n1CC1CSc2ccccc21. The van der Waals surface area contributed by atoms with Crippen molar-refractivity contribution in [3.63, 3.8) is 0 Å². The Morgan fingerprint density at radius 3 is 2.95 bits per heavy atom. The van der Waals surface area contributed by atoms with Crippen LogP contribution in [0.25, 0.3) is 0 Å². The van der Waals surface area contributed by atoms with Crippen LogP contribution < -0.4 is 5.56 Å². The number of halogens is 1. The van der Waals surface area contributed by atoms with Gasteiger partial charge in [0.15, 0.2) is 0 Å². The van der Waals surface area contributed by atoms with E-state index >= 15 is 0 Å². The maximum atomic E-state index is 12.3. The average molecular weight is 321 g/mol. The predicted octanol–water partition coefficient (Wildman–Crippen LogP) is 3.91. The third-order valence-corrected chi connectivity index (χ3v) is 5.17. The Bertz CT molecular complexity index is 726. The molecule has 3 nitrogen and oxygen atoms in total. The standard InChI is InChI=1S/C16H17ClN2OS/c1-10(2)16-18-14(17)7-15(20)19(16)8-11-9-21-13-6-4-3-5-12(11)13/h3-7,10-11H,8-9H2,1-2H3. The topological polar surface area (TPSA) is 34.9 Å². The lowest BCUT2D eigenvalue weighted by atomic mass is 10.0. The minimum Gasteiger partial charge on any atom is -0.296 e. The van der Waals surface area contributed by atoms with E-state index in [1.807, 2.05) is 25.6 Å². The van der Waals surface area contributed by atoms with Crippen molar-refractivity contribution in [2.24, 2.45) is 0 Å². The summed E-state index contributed by atoms with van der Waals surface area (Å²) in [5.41, 5.74) is 1.27. The highest BCUT2D eigenvalue weighted by atomic mass is 35.5. The highest BCUT2D eigenvalue weighted by Gasteiger charge is 2.24. The summed E-state index contributed by atoms with van der Waals surface area (Å²) in [4.78, 5) is 18.0. The number of hydrogen-bond acceptors (Lipinski definition) is 3. The highest BCUT2D eigenvalue weighted by Crippen LogP contribution is 2.40. The maximum absolute atomic E-state index is 12.3. The van der Waals surface area contributed by atoms with E-state index in [2.05, 4.69) is 29.2 Å². The zero-order valence-corrected chi connectivity index (χ0v) is 13.6. The third kappa shape index (κ3) is 2.87. The van der Waals surface area contributed by atoms with Gasteiger partial charge in [-0.05, 0) is 11.6 Å². The van der Waals surface area contributed by atoms with Gasteiger partial charge in [-0.25, -0.2) is 4.98 Å². The van der Waals surface area contributed by atoms with E-state index < -0.39 is 0 Å². The number of benzene rings is 1. The van der Waals surface area contributed by atoms with E-state index in [9.17, 15) is 4.79 Å². The second kappa shape index (κ2) is 5.85. The molecule has 2 aromatic rings. The van der Waals surface area contributed by atoms with Gasteiger partial charge in [0.2, 0.25) is 0 Å². The predicted molar refractivity (Wildman–Crippen MR) is 87.5 cm³/mol. The van der Waals surface area contributed by atoms with Crippen LogP contribution in [0.2, 0.25) is 5.15 Å². The first-order valence-electron chi connectivity index (χ1n) is 7.05. The molecule has 1 unspecified atom stereocenters. The van der Waals surface area contributed by atoms with Crippen LogP contribution in [0.1, 0.15) is 37.1 Å². The summed E-state index contributed by atoms with van der Waals surface area (Å²) in [7, 11) is 0. The summed E-state index contributed by atoms with van der Waals surface area (Å²) in [6.45, 7) is 4.73. The molecule has 0 fully saturated rings. The fourth-order valence-electron chi connectivity index (χ4n) is 2.72. The van der Waals surface area contributed by atoms with Gasteiger partial charge in [0.1, 0.15) is 11.0 Å². The van der Waals surface area contributed by atoms with E-state index in [1.54, 1.807) is 4.57 Å². The quantitative estimate of drug-likeness (QED) is 0.804. The molecule has 5 heteroatoms. The molecular weight excluding hydrogens is 304 g/mol. The molecule has 0 spiro atoms. The van der Waals surface area contributed by atoms with Crippen LogP contribution >= 0.6 is 23.4 Å². The van der Waals surface area contributed by atoms with E-state index in [0.29, 0.717) is 12.5 Å². The molecule has 21 heavy (non-hydrogen) atoms. The molecule has 1 atom stereocenters. The smallest absolute Gasteiger partial charge is 0.255 e. The van der Waals surface area contributed by atoms with Crippen molar-refractivity contribution in [3.05, 3.63) is 57.2 Å². The van der Waals surface area contributed by atoms with Crippen LogP contribution in [0, 0.1) is 0 Å². The summed E-state index contributed by atoms with van der Waals surface area (Å²) in [6, 6.07) is 9.82. The lowest BCUT2D eigenvalue weighted by Gasteiger charge is -2.18. The molecule has 0 saturated carbocycles. The van der Waals surface area contributed by atoms with Crippen molar-refractivity contribution < 1.29 is 0 Å². The number of hydrogen-bond donors (Lipinski definition) is 0. The number of thioether (sulfide) groups is 1. The van der Waals surface area contributed by atoms with Gasteiger partial charge in [0.25, 0.3) is 5.56 Å². The molecule has 0 saturated heterocycles. The highest BCUT2D eigenvalue weighted by molar-refractivity contribution is 7.99. The summed E-state index contributed by atoms with van der Waals surface area (Å²) >= 11 is 7.79. The van der Waals surface area contributed by atoms with Gasteiger partial charge in [-0.2, -0.15) is 0 Å². The summed E-state index contributed by atoms with van der Waals surface area (Å²) < 4.78 is 1.78. The Kier molecular flexibility index (Phi) is 4.09. The fourth-order valence-corrected chi connectivity index (χ4v) is 4.14. The van der Waals surface area contributed by atoms with Gasteiger partial charge in [-0.3, -0.25) is 9.36 Å². The second-order valence-electron chi connectivity index (χ2n) is 5.59. The number of aromatic nitrogens is 2. The molecule has 1 aromatic carbocycles. The van der Waals surface area contributed by atoms with Crippen LogP contribution in [-0.4, -0.2) is 15.3 Å². The normalized spacial score (nSPS) is 17.2. The van der Waals surface area contributed by atoms with Crippen LogP contribution in [-0.2, 0) is 6.54 Å². The second-order valence-corrected chi connectivity index (χ2v) is 7.04. The molecular formula is C16H17ClN2OS. The summed E-state index contributed by atoms with van der Waals surface area (Å²) in [5.74, 6) is 2.29. The first kappa shape index (κ1) is 14.7. The van der Waals surface area contributed by atoms with Crippen molar-refractivity contribution in [2.45, 2.75) is 37.1 Å². The van der Waals surface area contributed by atoms with Crippen molar-refractivity contribution in [3.8, 4) is 0 Å². The first-order chi connectivity index (χ1) is 10.1. The molecule has 1 aliphatic heterocycles. The lowest BCUT2D eigenvalue weighted by Crippen LogP contribution is -2.28. The largest absolute Gasteiger partial charge is 0.296 e. The number of rotatable bonds is 3. The number of nitrogens with zero attached hydrogens (tertiary/aromatic N) is 2. The van der Waals surface area contributed by atoms with Crippen molar-refractivity contribution in [1.82, 2.24) is 9.55 Å². The monoisotopic (exact) mass is 320 g/mol. The number of fused-ring (bicyclic) bond motifs is 1. The summed E-state index contributed by atoms with van der Waals surface area (Å²) in [6.07, 6.45) is 0. The third-order valence-electron chi connectivity index (χ3n) is 3.72. The van der Waals surface area contributed by atoms with E-state index in [-0.39, 0.29) is 16.6 Å². The molecule has 0 amide bonds. The molecule has 0 aliphatic carbocycles. The van der Waals surface area contributed by atoms with Crippen molar-refractivity contribution in [1.29, 1.82) is 0 Å². The zero-order valence-electron chi connectivity index (χ0n) is 12.0. The van der Waals surface area contributed by atoms with Gasteiger partial charge >= 0.3 is 0 Å². The fraction of sp³-hybridized carbons (Fsp3) is 0.375. The molecule has 3 rings (SSSR count). The average Bonchev–Trinajstić information content (AvgIpc) is 2.84. The van der Waals surface area contributed by atoms with Crippen LogP contribution in [0.5, 0.6) is 0 Å². The Morgan fingerprint density at radius 2 is 2.19 bits per heavy atom. The van der Waals surface area contributed by atoms with Crippen LogP contribution in [0.3, 0.4) is 0 Å². The van der Waals surface area contributed by atoms with Crippen LogP contribution in [0.15, 0.2) is 40.0 Å². The van der Waals surface area contributed by atoms with Gasteiger partial charge in [-0.1, -0.05) is 43.6 Å². The summed E-state index contributed by atoms with van der Waals surface area (Å²) in [5, 5.41) is 0.279. The van der Waals surface area contributed by atoms with Gasteiger partial charge in [0.05, 0.1) is 0 Å². The molecule has 1 aromatic heterocycles. The molecule has 110 valence electrons. The Hall–Kier alpha value is -1.26. The Morgan fingerprint density at radius 1 is 1.43 bits per heavy atom. The van der Waals surface area contributed by atoms with Gasteiger partial charge < -0.3 is 0 Å². The Labute approximate surface area is 133 Å². The minimum atomic E-state index is -0.0620. The van der Waals surface area contributed by atoms with Gasteiger partial charge in [-0.15, -0.1) is 11.8 Å². The molecule has 2 heterocycles. The van der Waals surface area contributed by atoms with E-state index in [4.69, 9.17) is 11.6 Å². The van der Waals surface area contributed by atoms with Crippen molar-refractivity contribution >= 4 is 23.4 Å². The minimum absolute atomic E-state index is 0.0620. The van der Waals surface area contributed by atoms with E-state index in [1.165, 1.54) is 16.5 Å². The lowest BCUT2D eigenvalue weighted by molar-refractivity contribution is 0.532. The molecule has 0 bridgehead atoms. The van der Waals surface area contributed by atoms with Crippen LogP contribution in [0.4, 0.5) is 0 Å². The van der Waals surface area contributed by atoms with Gasteiger partial charge in [0, 0.05) is 35.1 Å². The zero-order chi connectivity index (χ0) is 15.0. The Balaban J connectivity index is 1.98.